The molecule has 0 fully saturated rings. The third-order valence-corrected chi connectivity index (χ3v) is 6.24. The minimum Gasteiger partial charge on any atom is -0.465 e. The molecule has 0 aliphatic carbocycles. The number of aromatic nitrogens is 1. The van der Waals surface area contributed by atoms with Crippen molar-refractivity contribution in [2.45, 2.75) is 44.6 Å². The molecule has 1 unspecified atom stereocenters. The number of benzene rings is 2. The van der Waals surface area contributed by atoms with Crippen LogP contribution in [-0.4, -0.2) is 35.8 Å². The lowest BCUT2D eigenvalue weighted by molar-refractivity contribution is -0.131. The summed E-state index contributed by atoms with van der Waals surface area (Å²) in [4.78, 5) is 30.0. The maximum absolute atomic E-state index is 12.2. The van der Waals surface area contributed by atoms with E-state index in [2.05, 4.69) is 36.8 Å². The van der Waals surface area contributed by atoms with Crippen LogP contribution in [0, 0.1) is 11.8 Å². The molecule has 1 aromatic heterocycles. The number of rotatable bonds is 7. The Morgan fingerprint density at radius 3 is 2.56 bits per heavy atom. The van der Waals surface area contributed by atoms with Crippen molar-refractivity contribution in [2.24, 2.45) is 0 Å². The third-order valence-electron chi connectivity index (χ3n) is 6.24. The SMILES string of the molecule is CCCCC1(C#CCCc2ccccc2)c2cc3cc(C(=O)OC)ccc3n2C(=C=O)N1OC. The molecule has 0 saturated heterocycles. The van der Waals surface area contributed by atoms with Gasteiger partial charge in [0, 0.05) is 11.8 Å². The highest BCUT2D eigenvalue weighted by atomic mass is 16.7. The average molecular weight is 457 g/mol. The minimum absolute atomic E-state index is 0.256. The number of methoxy groups -OCH3 is 1. The Balaban J connectivity index is 1.83. The number of carbonyl (C=O) groups is 1. The topological polar surface area (TPSA) is 60.8 Å². The van der Waals surface area contributed by atoms with Crippen LogP contribution in [0.3, 0.4) is 0 Å². The predicted octanol–water partition coefficient (Wildman–Crippen LogP) is 4.96. The van der Waals surface area contributed by atoms with Gasteiger partial charge in [0.15, 0.2) is 11.5 Å². The standard InChI is InChI=1S/C28H28N2O4/c1-4-5-16-28(17-10-9-13-21-11-7-6-8-12-21)25-19-23-18-22(27(32)33-2)14-15-24(23)29(25)26(20-31)30(28)34-3/h6-8,11-12,14-15,18-19H,4-5,9,13,16H2,1-3H3. The van der Waals surface area contributed by atoms with Crippen molar-refractivity contribution in [3.63, 3.8) is 0 Å². The summed E-state index contributed by atoms with van der Waals surface area (Å²) in [5, 5.41) is 2.42. The molecule has 1 aliphatic heterocycles. The summed E-state index contributed by atoms with van der Waals surface area (Å²) >= 11 is 0. The van der Waals surface area contributed by atoms with E-state index < -0.39 is 11.5 Å². The number of hydrogen-bond acceptors (Lipinski definition) is 5. The van der Waals surface area contributed by atoms with Gasteiger partial charge in [-0.25, -0.2) is 14.7 Å². The zero-order valence-electron chi connectivity index (χ0n) is 19.8. The number of aryl methyl sites for hydroxylation is 1. The molecular weight excluding hydrogens is 428 g/mol. The summed E-state index contributed by atoms with van der Waals surface area (Å²) in [6.07, 6.45) is 4.07. The molecule has 4 rings (SSSR count). The van der Waals surface area contributed by atoms with Gasteiger partial charge in [-0.15, -0.1) is 0 Å². The van der Waals surface area contributed by atoms with Gasteiger partial charge in [-0.2, -0.15) is 0 Å². The molecule has 2 aromatic carbocycles. The third kappa shape index (κ3) is 4.01. The first-order valence-electron chi connectivity index (χ1n) is 11.5. The lowest BCUT2D eigenvalue weighted by atomic mass is 9.89. The van der Waals surface area contributed by atoms with Crippen molar-refractivity contribution in [1.82, 2.24) is 9.63 Å². The highest BCUT2D eigenvalue weighted by Gasteiger charge is 2.49. The van der Waals surface area contributed by atoms with Gasteiger partial charge >= 0.3 is 5.97 Å². The van der Waals surface area contributed by atoms with Crippen LogP contribution in [0.25, 0.3) is 16.7 Å². The molecule has 0 radical (unpaired) electrons. The number of hydroxylamine groups is 2. The Morgan fingerprint density at radius 1 is 1.09 bits per heavy atom. The maximum Gasteiger partial charge on any atom is 0.337 e. The molecule has 3 aromatic rings. The Labute approximate surface area is 199 Å². The average Bonchev–Trinajstić information content (AvgIpc) is 3.37. The highest BCUT2D eigenvalue weighted by Crippen LogP contribution is 2.46. The number of ether oxygens (including phenoxy) is 1. The van der Waals surface area contributed by atoms with Crippen LogP contribution < -0.4 is 0 Å². The van der Waals surface area contributed by atoms with Crippen molar-refractivity contribution in [3.8, 4) is 11.8 Å². The van der Waals surface area contributed by atoms with Crippen LogP contribution in [0.2, 0.25) is 0 Å². The first-order valence-corrected chi connectivity index (χ1v) is 11.5. The van der Waals surface area contributed by atoms with E-state index in [9.17, 15) is 9.59 Å². The van der Waals surface area contributed by atoms with E-state index in [0.29, 0.717) is 18.4 Å². The number of esters is 1. The van der Waals surface area contributed by atoms with E-state index >= 15 is 0 Å². The van der Waals surface area contributed by atoms with Gasteiger partial charge in [0.05, 0.1) is 31.0 Å². The number of carbonyl (C=O) groups excluding carboxylic acids is 2. The zero-order chi connectivity index (χ0) is 24.1. The van der Waals surface area contributed by atoms with Gasteiger partial charge in [-0.05, 0) is 49.1 Å². The quantitative estimate of drug-likeness (QED) is 0.286. The fourth-order valence-corrected chi connectivity index (χ4v) is 4.60. The largest absolute Gasteiger partial charge is 0.465 e. The number of fused-ring (bicyclic) bond motifs is 3. The molecule has 0 spiro atoms. The Bertz CT molecular complexity index is 1310. The van der Waals surface area contributed by atoms with Crippen molar-refractivity contribution in [1.29, 1.82) is 0 Å². The van der Waals surface area contributed by atoms with E-state index in [4.69, 9.17) is 9.57 Å². The maximum atomic E-state index is 12.2. The first kappa shape index (κ1) is 23.4. The second kappa shape index (κ2) is 10.0. The molecule has 0 bridgehead atoms. The molecule has 0 amide bonds. The number of hydrogen-bond donors (Lipinski definition) is 0. The number of unbranched alkanes of at least 4 members (excludes halogenated alkanes) is 1. The van der Waals surface area contributed by atoms with Gasteiger partial charge in [0.25, 0.3) is 0 Å². The van der Waals surface area contributed by atoms with Crippen LogP contribution >= 0.6 is 0 Å². The van der Waals surface area contributed by atoms with Crippen LogP contribution in [-0.2, 0) is 26.3 Å². The van der Waals surface area contributed by atoms with Gasteiger partial charge in [-0.3, -0.25) is 9.40 Å². The Kier molecular flexibility index (Phi) is 6.88. The highest BCUT2D eigenvalue weighted by molar-refractivity contribution is 5.97. The van der Waals surface area contributed by atoms with E-state index in [1.807, 2.05) is 34.9 Å². The van der Waals surface area contributed by atoms with Crippen molar-refractivity contribution < 1.29 is 19.2 Å². The van der Waals surface area contributed by atoms with Crippen LogP contribution in [0.15, 0.2) is 54.6 Å². The van der Waals surface area contributed by atoms with Gasteiger partial charge in [0.1, 0.15) is 0 Å². The summed E-state index contributed by atoms with van der Waals surface area (Å²) in [7, 11) is 2.91. The Hall–Kier alpha value is -3.78. The molecule has 174 valence electrons. The summed E-state index contributed by atoms with van der Waals surface area (Å²) in [5.41, 5.74) is 2.47. The van der Waals surface area contributed by atoms with E-state index in [1.54, 1.807) is 24.3 Å². The van der Waals surface area contributed by atoms with E-state index in [0.717, 1.165) is 35.9 Å². The van der Waals surface area contributed by atoms with Gasteiger partial charge in [-0.1, -0.05) is 55.5 Å². The Morgan fingerprint density at radius 2 is 1.88 bits per heavy atom. The van der Waals surface area contributed by atoms with Gasteiger partial charge < -0.3 is 4.74 Å². The fourth-order valence-electron chi connectivity index (χ4n) is 4.60. The smallest absolute Gasteiger partial charge is 0.337 e. The fraction of sp³-hybridized carbons (Fsp3) is 0.321. The lowest BCUT2D eigenvalue weighted by Crippen LogP contribution is -2.39. The first-order chi connectivity index (χ1) is 16.6. The molecule has 6 heteroatoms. The monoisotopic (exact) mass is 456 g/mol. The molecule has 6 nitrogen and oxygen atoms in total. The van der Waals surface area contributed by atoms with Crippen molar-refractivity contribution in [3.05, 3.63) is 71.4 Å². The van der Waals surface area contributed by atoms with Crippen LogP contribution in [0.1, 0.15) is 54.2 Å². The summed E-state index contributed by atoms with van der Waals surface area (Å²) in [6, 6.07) is 17.5. The van der Waals surface area contributed by atoms with Crippen LogP contribution in [0.4, 0.5) is 0 Å². The molecule has 2 heterocycles. The second-order valence-corrected chi connectivity index (χ2v) is 8.28. The van der Waals surface area contributed by atoms with Crippen molar-refractivity contribution in [2.75, 3.05) is 14.2 Å². The van der Waals surface area contributed by atoms with Crippen molar-refractivity contribution >= 4 is 28.6 Å². The summed E-state index contributed by atoms with van der Waals surface area (Å²) < 4.78 is 6.71. The van der Waals surface area contributed by atoms with E-state index in [-0.39, 0.29) is 5.82 Å². The molecule has 1 aliphatic rings. The lowest BCUT2D eigenvalue weighted by Gasteiger charge is -2.32. The predicted molar refractivity (Wildman–Crippen MR) is 131 cm³/mol. The second-order valence-electron chi connectivity index (χ2n) is 8.28. The van der Waals surface area contributed by atoms with Crippen LogP contribution in [0.5, 0.6) is 0 Å². The number of nitrogens with zero attached hydrogens (tertiary/aromatic N) is 2. The molecule has 0 saturated carbocycles. The zero-order valence-corrected chi connectivity index (χ0v) is 19.8. The van der Waals surface area contributed by atoms with E-state index in [1.165, 1.54) is 12.7 Å². The summed E-state index contributed by atoms with van der Waals surface area (Å²) in [6.45, 7) is 2.12. The molecule has 34 heavy (non-hydrogen) atoms. The molecule has 0 N–H and O–H groups in total. The minimum atomic E-state index is -0.835. The van der Waals surface area contributed by atoms with Gasteiger partial charge in [0.2, 0.25) is 5.82 Å². The molecular formula is C28H28N2O4. The normalized spacial score (nSPS) is 16.7. The summed E-state index contributed by atoms with van der Waals surface area (Å²) in [5.74, 6) is 8.74. The molecule has 1 atom stereocenters.